The van der Waals surface area contributed by atoms with Gasteiger partial charge in [0.05, 0.1) is 22.3 Å². The third kappa shape index (κ3) is 6.48. The highest BCUT2D eigenvalue weighted by molar-refractivity contribution is 6.34. The molecule has 1 N–H and O–H groups in total. The van der Waals surface area contributed by atoms with Gasteiger partial charge in [-0.05, 0) is 60.5 Å². The van der Waals surface area contributed by atoms with Crippen LogP contribution >= 0.6 is 23.2 Å². The number of nitrogens with one attached hydrogen (secondary N) is 1. The van der Waals surface area contributed by atoms with Crippen LogP contribution in [-0.4, -0.2) is 12.5 Å². The summed E-state index contributed by atoms with van der Waals surface area (Å²) in [6.45, 7) is 2.30. The van der Waals surface area contributed by atoms with E-state index in [2.05, 4.69) is 5.32 Å². The fourth-order valence-electron chi connectivity index (χ4n) is 2.88. The van der Waals surface area contributed by atoms with Gasteiger partial charge in [-0.25, -0.2) is 4.39 Å². The van der Waals surface area contributed by atoms with Gasteiger partial charge in [-0.1, -0.05) is 47.5 Å². The average Bonchev–Trinajstić information content (AvgIpc) is 2.79. The molecule has 0 bridgehead atoms. The second-order valence-corrected chi connectivity index (χ2v) is 7.60. The van der Waals surface area contributed by atoms with Crippen LogP contribution in [0, 0.1) is 17.1 Å². The van der Waals surface area contributed by atoms with E-state index in [9.17, 15) is 14.4 Å². The first-order valence-electron chi connectivity index (χ1n) is 9.92. The number of amides is 1. The van der Waals surface area contributed by atoms with E-state index in [1.165, 1.54) is 18.2 Å². The van der Waals surface area contributed by atoms with E-state index in [0.29, 0.717) is 34.4 Å². The summed E-state index contributed by atoms with van der Waals surface area (Å²) in [5.74, 6) is -0.299. The van der Waals surface area contributed by atoms with Gasteiger partial charge in [0, 0.05) is 0 Å². The third-order valence-corrected chi connectivity index (χ3v) is 5.04. The Labute approximate surface area is 201 Å². The smallest absolute Gasteiger partial charge is 0.266 e. The molecule has 0 aliphatic carbocycles. The van der Waals surface area contributed by atoms with Crippen molar-refractivity contribution >= 4 is 40.9 Å². The summed E-state index contributed by atoms with van der Waals surface area (Å²) in [5.41, 5.74) is 1.47. The molecule has 0 aliphatic rings. The van der Waals surface area contributed by atoms with Crippen molar-refractivity contribution in [1.29, 1.82) is 5.26 Å². The van der Waals surface area contributed by atoms with E-state index < -0.39 is 5.91 Å². The minimum atomic E-state index is -0.615. The highest BCUT2D eigenvalue weighted by atomic mass is 35.5. The van der Waals surface area contributed by atoms with Crippen LogP contribution in [-0.2, 0) is 11.4 Å². The largest absolute Gasteiger partial charge is 0.490 e. The molecule has 0 spiro atoms. The zero-order valence-corrected chi connectivity index (χ0v) is 19.1. The predicted octanol–water partition coefficient (Wildman–Crippen LogP) is 6.66. The maximum Gasteiger partial charge on any atom is 0.266 e. The monoisotopic (exact) mass is 484 g/mol. The first-order valence-corrected chi connectivity index (χ1v) is 10.7. The molecule has 0 radical (unpaired) electrons. The van der Waals surface area contributed by atoms with Crippen molar-refractivity contribution < 1.29 is 18.7 Å². The van der Waals surface area contributed by atoms with Crippen molar-refractivity contribution in [2.45, 2.75) is 13.5 Å². The SMILES string of the molecule is CCOc1cc(/C=C(\C#N)C(=O)Nc2ccccc2Cl)cc(Cl)c1OCc1ccc(F)cc1. The number of rotatable bonds is 8. The van der Waals surface area contributed by atoms with E-state index in [1.54, 1.807) is 55.5 Å². The number of hydrogen-bond donors (Lipinski definition) is 1. The highest BCUT2D eigenvalue weighted by Gasteiger charge is 2.15. The number of halogens is 3. The van der Waals surface area contributed by atoms with E-state index >= 15 is 0 Å². The molecule has 33 heavy (non-hydrogen) atoms. The molecule has 0 aliphatic heterocycles. The van der Waals surface area contributed by atoms with E-state index in [1.807, 2.05) is 6.07 Å². The number of para-hydroxylation sites is 1. The zero-order valence-electron chi connectivity index (χ0n) is 17.6. The van der Waals surface area contributed by atoms with Crippen LogP contribution in [0.3, 0.4) is 0 Å². The van der Waals surface area contributed by atoms with Gasteiger partial charge in [0.25, 0.3) is 5.91 Å². The lowest BCUT2D eigenvalue weighted by Gasteiger charge is -2.15. The molecule has 5 nitrogen and oxygen atoms in total. The molecule has 0 fully saturated rings. The maximum absolute atomic E-state index is 13.1. The van der Waals surface area contributed by atoms with Crippen LogP contribution in [0.5, 0.6) is 11.5 Å². The summed E-state index contributed by atoms with van der Waals surface area (Å²) in [6, 6.07) is 17.7. The van der Waals surface area contributed by atoms with Gasteiger partial charge in [0.1, 0.15) is 24.1 Å². The molecular weight excluding hydrogens is 466 g/mol. The molecule has 1 amide bonds. The normalized spacial score (nSPS) is 10.9. The lowest BCUT2D eigenvalue weighted by Crippen LogP contribution is -2.13. The van der Waals surface area contributed by atoms with Crippen LogP contribution in [0.15, 0.2) is 66.2 Å². The second-order valence-electron chi connectivity index (χ2n) is 6.78. The van der Waals surface area contributed by atoms with Crippen LogP contribution in [0.25, 0.3) is 6.08 Å². The van der Waals surface area contributed by atoms with Crippen molar-refractivity contribution in [2.24, 2.45) is 0 Å². The maximum atomic E-state index is 13.1. The van der Waals surface area contributed by atoms with Crippen LogP contribution in [0.4, 0.5) is 10.1 Å². The Balaban J connectivity index is 1.85. The summed E-state index contributed by atoms with van der Waals surface area (Å²) in [5, 5.41) is 12.7. The minimum Gasteiger partial charge on any atom is -0.490 e. The molecule has 8 heteroatoms. The molecule has 0 heterocycles. The quantitative estimate of drug-likeness (QED) is 0.286. The fraction of sp³-hybridized carbons (Fsp3) is 0.120. The standard InChI is InChI=1S/C25H19Cl2FN2O3/c1-2-32-23-13-17(11-18(14-29)25(31)30-22-6-4-3-5-20(22)26)12-21(27)24(23)33-15-16-7-9-19(28)10-8-16/h3-13H,2,15H2,1H3,(H,30,31)/b18-11+. The lowest BCUT2D eigenvalue weighted by molar-refractivity contribution is -0.112. The van der Waals surface area contributed by atoms with Gasteiger partial charge < -0.3 is 14.8 Å². The summed E-state index contributed by atoms with van der Waals surface area (Å²) < 4.78 is 24.6. The summed E-state index contributed by atoms with van der Waals surface area (Å²) in [4.78, 5) is 12.6. The van der Waals surface area contributed by atoms with Crippen molar-refractivity contribution in [3.8, 4) is 17.6 Å². The van der Waals surface area contributed by atoms with Crippen LogP contribution < -0.4 is 14.8 Å². The van der Waals surface area contributed by atoms with Gasteiger partial charge in [-0.3, -0.25) is 4.79 Å². The number of nitrogens with zero attached hydrogens (tertiary/aromatic N) is 1. The Bertz CT molecular complexity index is 1220. The van der Waals surface area contributed by atoms with E-state index in [4.69, 9.17) is 32.7 Å². The number of nitriles is 1. The number of anilines is 1. The number of carbonyl (C=O) groups is 1. The molecule has 0 atom stereocenters. The molecule has 0 saturated carbocycles. The van der Waals surface area contributed by atoms with Gasteiger partial charge in [-0.2, -0.15) is 5.26 Å². The van der Waals surface area contributed by atoms with Crippen LogP contribution in [0.2, 0.25) is 10.0 Å². The Morgan fingerprint density at radius 1 is 1.09 bits per heavy atom. The fourth-order valence-corrected chi connectivity index (χ4v) is 3.33. The first kappa shape index (κ1) is 24.1. The van der Waals surface area contributed by atoms with Gasteiger partial charge in [-0.15, -0.1) is 0 Å². The van der Waals surface area contributed by atoms with Crippen molar-refractivity contribution in [3.05, 3.63) is 93.2 Å². The number of ether oxygens (including phenoxy) is 2. The molecule has 168 valence electrons. The topological polar surface area (TPSA) is 71.3 Å². The molecule has 0 aromatic heterocycles. The lowest BCUT2D eigenvalue weighted by atomic mass is 10.1. The van der Waals surface area contributed by atoms with Crippen molar-refractivity contribution in [3.63, 3.8) is 0 Å². The van der Waals surface area contributed by atoms with E-state index in [0.717, 1.165) is 5.56 Å². The Morgan fingerprint density at radius 2 is 1.82 bits per heavy atom. The van der Waals surface area contributed by atoms with E-state index in [-0.39, 0.29) is 23.0 Å². The first-order chi connectivity index (χ1) is 15.9. The molecule has 0 saturated heterocycles. The number of hydrogen-bond acceptors (Lipinski definition) is 4. The van der Waals surface area contributed by atoms with Gasteiger partial charge in [0.2, 0.25) is 0 Å². The number of carbonyl (C=O) groups excluding carboxylic acids is 1. The molecule has 0 unspecified atom stereocenters. The third-order valence-electron chi connectivity index (χ3n) is 4.43. The van der Waals surface area contributed by atoms with Gasteiger partial charge in [0.15, 0.2) is 11.5 Å². The Kier molecular flexibility index (Phi) is 8.31. The second kappa shape index (κ2) is 11.4. The van der Waals surface area contributed by atoms with Crippen molar-refractivity contribution in [2.75, 3.05) is 11.9 Å². The predicted molar refractivity (Wildman–Crippen MR) is 127 cm³/mol. The zero-order chi connectivity index (χ0) is 23.8. The summed E-state index contributed by atoms with van der Waals surface area (Å²) in [7, 11) is 0. The highest BCUT2D eigenvalue weighted by Crippen LogP contribution is 2.38. The molecule has 3 rings (SSSR count). The minimum absolute atomic E-state index is 0.145. The molecule has 3 aromatic carbocycles. The summed E-state index contributed by atoms with van der Waals surface area (Å²) >= 11 is 12.5. The van der Waals surface area contributed by atoms with Crippen LogP contribution in [0.1, 0.15) is 18.1 Å². The number of benzene rings is 3. The van der Waals surface area contributed by atoms with Gasteiger partial charge >= 0.3 is 0 Å². The molecule has 3 aromatic rings. The average molecular weight is 485 g/mol. The summed E-state index contributed by atoms with van der Waals surface area (Å²) in [6.07, 6.45) is 1.39. The van der Waals surface area contributed by atoms with Crippen molar-refractivity contribution in [1.82, 2.24) is 0 Å². The molecular formula is C25H19Cl2FN2O3. The Hall–Kier alpha value is -3.53. The Morgan fingerprint density at radius 3 is 2.48 bits per heavy atom.